The van der Waals surface area contributed by atoms with Crippen molar-refractivity contribution < 1.29 is 4.79 Å². The highest BCUT2D eigenvalue weighted by Crippen LogP contribution is 2.11. The first kappa shape index (κ1) is 13.3. The fraction of sp³-hybridized carbons (Fsp3) is 0.500. The molecule has 1 aromatic rings. The first-order chi connectivity index (χ1) is 7.63. The zero-order valence-corrected chi connectivity index (χ0v) is 11.0. The molecule has 0 amide bonds. The van der Waals surface area contributed by atoms with E-state index < -0.39 is 0 Å². The van der Waals surface area contributed by atoms with Gasteiger partial charge in [-0.05, 0) is 34.0 Å². The molecule has 0 aliphatic carbocycles. The van der Waals surface area contributed by atoms with Crippen LogP contribution in [0.5, 0.6) is 0 Å². The van der Waals surface area contributed by atoms with E-state index >= 15 is 0 Å². The minimum absolute atomic E-state index is 0.0911. The predicted octanol–water partition coefficient (Wildman–Crippen LogP) is 2.47. The smallest absolute Gasteiger partial charge is 0.153 e. The predicted molar refractivity (Wildman–Crippen MR) is 68.1 cm³/mol. The monoisotopic (exact) mass is 284 g/mol. The van der Waals surface area contributed by atoms with Crippen molar-refractivity contribution in [2.45, 2.75) is 38.6 Å². The molecular formula is C12H17BrN2O. The number of aromatic nitrogens is 1. The fourth-order valence-corrected chi connectivity index (χ4v) is 1.88. The summed E-state index contributed by atoms with van der Waals surface area (Å²) in [5, 5.41) is 0. The van der Waals surface area contributed by atoms with E-state index in [1.807, 2.05) is 6.07 Å². The maximum Gasteiger partial charge on any atom is 0.153 e. The van der Waals surface area contributed by atoms with Gasteiger partial charge in [0.05, 0.1) is 6.04 Å². The summed E-state index contributed by atoms with van der Waals surface area (Å²) in [4.78, 5) is 15.8. The van der Waals surface area contributed by atoms with Crippen LogP contribution >= 0.6 is 15.9 Å². The Labute approximate surface area is 105 Å². The lowest BCUT2D eigenvalue weighted by Gasteiger charge is -2.09. The zero-order chi connectivity index (χ0) is 12.0. The Kier molecular flexibility index (Phi) is 5.63. The normalized spacial score (nSPS) is 12.4. The number of rotatable bonds is 6. The molecule has 0 aromatic carbocycles. The van der Waals surface area contributed by atoms with Crippen molar-refractivity contribution in [2.24, 2.45) is 5.73 Å². The average Bonchev–Trinajstić information content (AvgIpc) is 2.25. The SMILES string of the molecule is CCCCC(N)C(=O)Cc1cncc(Br)c1. The van der Waals surface area contributed by atoms with Crippen LogP contribution in [0.25, 0.3) is 0 Å². The summed E-state index contributed by atoms with van der Waals surface area (Å²) < 4.78 is 0.889. The van der Waals surface area contributed by atoms with Crippen molar-refractivity contribution in [1.82, 2.24) is 4.98 Å². The van der Waals surface area contributed by atoms with Gasteiger partial charge in [-0.1, -0.05) is 19.8 Å². The summed E-state index contributed by atoms with van der Waals surface area (Å²) in [6.07, 6.45) is 6.62. The lowest BCUT2D eigenvalue weighted by atomic mass is 10.0. The molecule has 1 heterocycles. The van der Waals surface area contributed by atoms with Gasteiger partial charge in [-0.3, -0.25) is 9.78 Å². The molecule has 3 nitrogen and oxygen atoms in total. The van der Waals surface area contributed by atoms with Gasteiger partial charge >= 0.3 is 0 Å². The van der Waals surface area contributed by atoms with Crippen LogP contribution in [0.4, 0.5) is 0 Å². The Hall–Kier alpha value is -0.740. The largest absolute Gasteiger partial charge is 0.321 e. The van der Waals surface area contributed by atoms with Gasteiger partial charge < -0.3 is 5.73 Å². The number of unbranched alkanes of at least 4 members (excludes halogenated alkanes) is 1. The van der Waals surface area contributed by atoms with Gasteiger partial charge in [-0.25, -0.2) is 0 Å². The summed E-state index contributed by atoms with van der Waals surface area (Å²) in [5.41, 5.74) is 6.72. The third-order valence-electron chi connectivity index (χ3n) is 2.42. The molecule has 2 N–H and O–H groups in total. The van der Waals surface area contributed by atoms with Crippen molar-refractivity contribution in [3.05, 3.63) is 28.5 Å². The quantitative estimate of drug-likeness (QED) is 0.873. The highest BCUT2D eigenvalue weighted by Gasteiger charge is 2.13. The van der Waals surface area contributed by atoms with E-state index in [2.05, 4.69) is 27.8 Å². The first-order valence-corrected chi connectivity index (χ1v) is 6.30. The second-order valence-corrected chi connectivity index (χ2v) is 4.82. The first-order valence-electron chi connectivity index (χ1n) is 5.51. The molecule has 0 saturated heterocycles. The minimum Gasteiger partial charge on any atom is -0.321 e. The van der Waals surface area contributed by atoms with Crippen LogP contribution in [0.3, 0.4) is 0 Å². The van der Waals surface area contributed by atoms with Gasteiger partial charge in [-0.2, -0.15) is 0 Å². The van der Waals surface area contributed by atoms with Crippen LogP contribution < -0.4 is 5.73 Å². The number of hydrogen-bond acceptors (Lipinski definition) is 3. The standard InChI is InChI=1S/C12H17BrN2O/c1-2-3-4-11(14)12(16)6-9-5-10(13)8-15-7-9/h5,7-8,11H,2-4,6,14H2,1H3. The van der Waals surface area contributed by atoms with E-state index in [0.29, 0.717) is 6.42 Å². The second kappa shape index (κ2) is 6.76. The van der Waals surface area contributed by atoms with Crippen LogP contribution in [0, 0.1) is 0 Å². The number of Topliss-reactive ketones (excluding diaryl/α,β-unsaturated/α-hetero) is 1. The third-order valence-corrected chi connectivity index (χ3v) is 2.86. The van der Waals surface area contributed by atoms with Crippen LogP contribution in [0.1, 0.15) is 31.7 Å². The number of carbonyl (C=O) groups excluding carboxylic acids is 1. The summed E-state index contributed by atoms with van der Waals surface area (Å²) >= 11 is 3.33. The zero-order valence-electron chi connectivity index (χ0n) is 9.45. The minimum atomic E-state index is -0.334. The fourth-order valence-electron chi connectivity index (χ4n) is 1.47. The molecule has 16 heavy (non-hydrogen) atoms. The summed E-state index contributed by atoms with van der Waals surface area (Å²) in [5.74, 6) is 0.0911. The molecule has 0 fully saturated rings. The summed E-state index contributed by atoms with van der Waals surface area (Å²) in [6, 6.07) is 1.57. The van der Waals surface area contributed by atoms with Crippen molar-refractivity contribution in [1.29, 1.82) is 0 Å². The van der Waals surface area contributed by atoms with Crippen molar-refractivity contribution in [2.75, 3.05) is 0 Å². The van der Waals surface area contributed by atoms with E-state index in [4.69, 9.17) is 5.73 Å². The van der Waals surface area contributed by atoms with Crippen molar-refractivity contribution in [3.8, 4) is 0 Å². The molecule has 1 aromatic heterocycles. The molecule has 1 unspecified atom stereocenters. The van der Waals surface area contributed by atoms with E-state index in [0.717, 1.165) is 29.3 Å². The summed E-state index contributed by atoms with van der Waals surface area (Å²) in [6.45, 7) is 2.09. The van der Waals surface area contributed by atoms with Crippen LogP contribution in [-0.2, 0) is 11.2 Å². The van der Waals surface area contributed by atoms with E-state index in [9.17, 15) is 4.79 Å². The third kappa shape index (κ3) is 4.41. The van der Waals surface area contributed by atoms with Crippen LogP contribution in [0.15, 0.2) is 22.9 Å². The molecule has 4 heteroatoms. The average molecular weight is 285 g/mol. The second-order valence-electron chi connectivity index (χ2n) is 3.90. The molecule has 1 atom stereocenters. The van der Waals surface area contributed by atoms with Gasteiger partial charge in [0.15, 0.2) is 5.78 Å². The van der Waals surface area contributed by atoms with Gasteiger partial charge in [0.1, 0.15) is 0 Å². The molecule has 1 rings (SSSR count). The van der Waals surface area contributed by atoms with E-state index in [1.54, 1.807) is 12.4 Å². The Morgan fingerprint density at radius 1 is 1.56 bits per heavy atom. The maximum absolute atomic E-state index is 11.8. The molecular weight excluding hydrogens is 268 g/mol. The molecule has 0 radical (unpaired) electrons. The number of halogens is 1. The Morgan fingerprint density at radius 3 is 2.94 bits per heavy atom. The van der Waals surface area contributed by atoms with Gasteiger partial charge in [0.2, 0.25) is 0 Å². The Balaban J connectivity index is 2.50. The summed E-state index contributed by atoms with van der Waals surface area (Å²) in [7, 11) is 0. The topological polar surface area (TPSA) is 56.0 Å². The number of nitrogens with zero attached hydrogens (tertiary/aromatic N) is 1. The van der Waals surface area contributed by atoms with E-state index in [-0.39, 0.29) is 11.8 Å². The lowest BCUT2D eigenvalue weighted by molar-refractivity contribution is -0.119. The molecule has 0 bridgehead atoms. The molecule has 88 valence electrons. The van der Waals surface area contributed by atoms with Crippen molar-refractivity contribution >= 4 is 21.7 Å². The number of hydrogen-bond donors (Lipinski definition) is 1. The molecule has 0 aliphatic rings. The van der Waals surface area contributed by atoms with Crippen molar-refractivity contribution in [3.63, 3.8) is 0 Å². The Morgan fingerprint density at radius 2 is 2.31 bits per heavy atom. The molecule has 0 aliphatic heterocycles. The molecule has 0 spiro atoms. The lowest BCUT2D eigenvalue weighted by Crippen LogP contribution is -2.31. The number of carbonyl (C=O) groups is 1. The highest BCUT2D eigenvalue weighted by atomic mass is 79.9. The number of pyridine rings is 1. The van der Waals surface area contributed by atoms with Gasteiger partial charge in [0.25, 0.3) is 0 Å². The van der Waals surface area contributed by atoms with Crippen LogP contribution in [-0.4, -0.2) is 16.8 Å². The van der Waals surface area contributed by atoms with E-state index in [1.165, 1.54) is 0 Å². The number of ketones is 1. The highest BCUT2D eigenvalue weighted by molar-refractivity contribution is 9.10. The number of nitrogens with two attached hydrogens (primary N) is 1. The van der Waals surface area contributed by atoms with Gasteiger partial charge in [-0.15, -0.1) is 0 Å². The maximum atomic E-state index is 11.8. The van der Waals surface area contributed by atoms with Gasteiger partial charge in [0, 0.05) is 23.3 Å². The molecule has 0 saturated carbocycles. The van der Waals surface area contributed by atoms with Crippen LogP contribution in [0.2, 0.25) is 0 Å². The Bertz CT molecular complexity index is 355.